The van der Waals surface area contributed by atoms with Crippen molar-refractivity contribution in [3.63, 3.8) is 0 Å². The Morgan fingerprint density at radius 3 is 2.02 bits per heavy atom. The van der Waals surface area contributed by atoms with Gasteiger partial charge in [-0.1, -0.05) is 6.92 Å². The van der Waals surface area contributed by atoms with Crippen LogP contribution >= 0.6 is 35.3 Å². The number of nitrogens with zero attached hydrogens (tertiary/aromatic N) is 1. The molecule has 0 rings (SSSR count). The van der Waals surface area contributed by atoms with E-state index in [1.54, 1.807) is 18.9 Å². The van der Waals surface area contributed by atoms with Gasteiger partial charge >= 0.3 is 0 Å². The molecule has 0 aromatic heterocycles. The van der Waals surface area contributed by atoms with Crippen LogP contribution in [0.2, 0.25) is 0 Å². The molecule has 3 unspecified atom stereocenters. The zero-order chi connectivity index (χ0) is 30.9. The number of amides is 2. The van der Waals surface area contributed by atoms with Crippen molar-refractivity contribution in [3.8, 4) is 0 Å². The van der Waals surface area contributed by atoms with Crippen molar-refractivity contribution in [1.82, 2.24) is 15.7 Å². The van der Waals surface area contributed by atoms with E-state index in [1.165, 1.54) is 18.7 Å². The molecule has 0 fully saturated rings. The monoisotopic (exact) mass is 639 g/mol. The fourth-order valence-electron chi connectivity index (χ4n) is 3.91. The zero-order valence-corrected chi connectivity index (χ0v) is 27.8. The average molecular weight is 640 g/mol. The molecule has 10 nitrogen and oxygen atoms in total. The SMILES string of the molecule is CCC(CCCNC(=O)CSCC(O)CO)C(=O)CC(CCCNC(=O)CSCCSCCCN(C)OC)C(C)=O. The number of ketones is 2. The van der Waals surface area contributed by atoms with Crippen LogP contribution in [0.5, 0.6) is 0 Å². The highest BCUT2D eigenvalue weighted by Crippen LogP contribution is 2.21. The van der Waals surface area contributed by atoms with Gasteiger partial charge in [-0.2, -0.15) is 28.6 Å². The van der Waals surface area contributed by atoms with Crippen LogP contribution in [0.15, 0.2) is 0 Å². The maximum atomic E-state index is 12.9. The standard InChI is InChI=1S/C28H53N3O7S3/c1-5-23(9-6-11-30-28(37)21-41-19-25(34)18-32)26(35)17-24(22(2)33)10-7-12-29-27(36)20-40-16-15-39-14-8-13-31(3)38-4/h23-25,32,34H,5-21H2,1-4H3,(H,29,36)(H,30,37). The first-order valence-electron chi connectivity index (χ1n) is 14.5. The van der Waals surface area contributed by atoms with Crippen molar-refractivity contribution in [3.05, 3.63) is 0 Å². The summed E-state index contributed by atoms with van der Waals surface area (Å²) in [4.78, 5) is 54.1. The second-order valence-electron chi connectivity index (χ2n) is 9.97. The molecule has 0 aliphatic carbocycles. The summed E-state index contributed by atoms with van der Waals surface area (Å²) < 4.78 is 0. The van der Waals surface area contributed by atoms with E-state index >= 15 is 0 Å². The van der Waals surface area contributed by atoms with Gasteiger partial charge in [-0.3, -0.25) is 19.2 Å². The highest BCUT2D eigenvalue weighted by atomic mass is 32.2. The Bertz CT molecular complexity index is 734. The lowest BCUT2D eigenvalue weighted by Gasteiger charge is -2.18. The van der Waals surface area contributed by atoms with Crippen LogP contribution in [0.4, 0.5) is 0 Å². The van der Waals surface area contributed by atoms with Gasteiger partial charge < -0.3 is 25.7 Å². The molecular formula is C28H53N3O7S3. The van der Waals surface area contributed by atoms with Crippen LogP contribution in [0.3, 0.4) is 0 Å². The number of nitrogens with one attached hydrogen (secondary N) is 2. The van der Waals surface area contributed by atoms with E-state index in [2.05, 4.69) is 10.6 Å². The molecule has 0 radical (unpaired) electrons. The van der Waals surface area contributed by atoms with Crippen molar-refractivity contribution < 1.29 is 34.2 Å². The van der Waals surface area contributed by atoms with Gasteiger partial charge in [-0.05, 0) is 51.2 Å². The average Bonchev–Trinajstić information content (AvgIpc) is 2.95. The van der Waals surface area contributed by atoms with Crippen LogP contribution in [0, 0.1) is 11.8 Å². The smallest absolute Gasteiger partial charge is 0.229 e. The molecule has 240 valence electrons. The Balaban J connectivity index is 4.09. The summed E-state index contributed by atoms with van der Waals surface area (Å²) >= 11 is 4.76. The third kappa shape index (κ3) is 23.3. The second kappa shape index (κ2) is 26.8. The van der Waals surface area contributed by atoms with Gasteiger partial charge in [0.25, 0.3) is 0 Å². The highest BCUT2D eigenvalue weighted by Gasteiger charge is 2.23. The maximum absolute atomic E-state index is 12.9. The number of hydroxylamine groups is 2. The quantitative estimate of drug-likeness (QED) is 0.0740. The number of hydrogen-bond acceptors (Lipinski definition) is 11. The molecule has 0 saturated carbocycles. The first-order valence-corrected chi connectivity index (χ1v) is 17.9. The van der Waals surface area contributed by atoms with Crippen LogP contribution < -0.4 is 10.6 Å². The van der Waals surface area contributed by atoms with Gasteiger partial charge in [0.1, 0.15) is 11.6 Å². The molecule has 0 saturated heterocycles. The maximum Gasteiger partial charge on any atom is 0.229 e. The minimum Gasteiger partial charge on any atom is -0.394 e. The number of carbonyl (C=O) groups is 4. The van der Waals surface area contributed by atoms with Crippen molar-refractivity contribution >= 4 is 58.7 Å². The topological polar surface area (TPSA) is 145 Å². The van der Waals surface area contributed by atoms with Gasteiger partial charge in [0.2, 0.25) is 11.8 Å². The summed E-state index contributed by atoms with van der Waals surface area (Å²) in [5.41, 5.74) is 0. The number of Topliss-reactive ketones (excluding diaryl/α,β-unsaturated/α-hetero) is 2. The predicted molar refractivity (Wildman–Crippen MR) is 171 cm³/mol. The number of carbonyl (C=O) groups excluding carboxylic acids is 4. The fourth-order valence-corrected chi connectivity index (χ4v) is 6.61. The van der Waals surface area contributed by atoms with E-state index in [0.29, 0.717) is 56.7 Å². The number of aliphatic hydroxyl groups excluding tert-OH is 2. The molecule has 3 atom stereocenters. The summed E-state index contributed by atoms with van der Waals surface area (Å²) in [5.74, 6) is 3.38. The van der Waals surface area contributed by atoms with Crippen LogP contribution in [-0.2, 0) is 24.0 Å². The van der Waals surface area contributed by atoms with Crippen molar-refractivity contribution in [1.29, 1.82) is 0 Å². The molecule has 0 aromatic carbocycles. The van der Waals surface area contributed by atoms with Gasteiger partial charge in [-0.15, -0.1) is 11.8 Å². The Kier molecular flexibility index (Phi) is 26.2. The lowest BCUT2D eigenvalue weighted by atomic mass is 9.86. The Morgan fingerprint density at radius 2 is 1.46 bits per heavy atom. The van der Waals surface area contributed by atoms with Gasteiger partial charge in [-0.25, -0.2) is 0 Å². The molecule has 4 N–H and O–H groups in total. The summed E-state index contributed by atoms with van der Waals surface area (Å²) in [5, 5.41) is 25.6. The van der Waals surface area contributed by atoms with Gasteiger partial charge in [0.05, 0.1) is 31.3 Å². The van der Waals surface area contributed by atoms with Gasteiger partial charge in [0, 0.05) is 62.2 Å². The molecule has 13 heteroatoms. The zero-order valence-electron chi connectivity index (χ0n) is 25.4. The van der Waals surface area contributed by atoms with Gasteiger partial charge in [0.15, 0.2) is 0 Å². The van der Waals surface area contributed by atoms with E-state index in [0.717, 1.165) is 30.2 Å². The summed E-state index contributed by atoms with van der Waals surface area (Å²) in [6, 6.07) is 0. The number of hydrogen-bond donors (Lipinski definition) is 4. The number of thioether (sulfide) groups is 3. The van der Waals surface area contributed by atoms with E-state index in [-0.39, 0.29) is 54.0 Å². The van der Waals surface area contributed by atoms with E-state index in [9.17, 15) is 24.3 Å². The fraction of sp³-hybridized carbons (Fsp3) is 0.857. The molecule has 0 bridgehead atoms. The summed E-state index contributed by atoms with van der Waals surface area (Å²) in [6.07, 6.45) is 3.67. The first kappa shape index (κ1) is 40.2. The minimum absolute atomic E-state index is 0.00229. The minimum atomic E-state index is -0.824. The molecule has 0 heterocycles. The molecule has 0 aromatic rings. The molecule has 2 amide bonds. The lowest BCUT2D eigenvalue weighted by Crippen LogP contribution is -2.29. The van der Waals surface area contributed by atoms with Crippen molar-refractivity contribution in [2.75, 3.05) is 74.9 Å². The van der Waals surface area contributed by atoms with Crippen LogP contribution in [-0.4, -0.2) is 120 Å². The Hall–Kier alpha value is -0.830. The Labute approximate surface area is 259 Å². The lowest BCUT2D eigenvalue weighted by molar-refractivity contribution is -0.129. The number of rotatable bonds is 28. The molecular weight excluding hydrogens is 587 g/mol. The third-order valence-electron chi connectivity index (χ3n) is 6.51. The van der Waals surface area contributed by atoms with Crippen molar-refractivity contribution in [2.45, 2.75) is 64.9 Å². The van der Waals surface area contributed by atoms with E-state index in [1.807, 2.05) is 30.8 Å². The summed E-state index contributed by atoms with van der Waals surface area (Å²) in [7, 11) is 3.57. The largest absolute Gasteiger partial charge is 0.394 e. The third-order valence-corrected chi connectivity index (χ3v) is 9.88. The number of aliphatic hydroxyl groups is 2. The van der Waals surface area contributed by atoms with Crippen molar-refractivity contribution in [2.24, 2.45) is 11.8 Å². The predicted octanol–water partition coefficient (Wildman–Crippen LogP) is 2.41. The Morgan fingerprint density at radius 1 is 0.878 bits per heavy atom. The molecule has 0 aliphatic rings. The first-order chi connectivity index (χ1) is 19.6. The van der Waals surface area contributed by atoms with E-state index < -0.39 is 6.10 Å². The summed E-state index contributed by atoms with van der Waals surface area (Å²) in [6.45, 7) is 5.02. The molecule has 0 spiro atoms. The normalized spacial score (nSPS) is 13.5. The van der Waals surface area contributed by atoms with Crippen LogP contribution in [0.25, 0.3) is 0 Å². The highest BCUT2D eigenvalue weighted by molar-refractivity contribution is 8.03. The van der Waals surface area contributed by atoms with E-state index in [4.69, 9.17) is 9.94 Å². The second-order valence-corrected chi connectivity index (χ2v) is 13.3. The molecule has 41 heavy (non-hydrogen) atoms. The molecule has 0 aliphatic heterocycles. The van der Waals surface area contributed by atoms with Crippen LogP contribution in [0.1, 0.15) is 58.8 Å².